The number of benzene rings is 12. The van der Waals surface area contributed by atoms with Crippen molar-refractivity contribution in [3.8, 4) is 56.4 Å². The SMILES string of the molecule is CC.CC1(C)c2ccccc2-c2ccccc21.CC1(C)c2ccccc2-c2ccccc21.II.Oc1ccc2ccccc2c1-c1c(O)ccc2ccccc12.c1ccc2cc(Oc3ccc4ccccc4c3)ccc2c1. The molecule has 2 N–H and O–H groups in total. The first-order valence-corrected chi connectivity index (χ1v) is 32.5. The summed E-state index contributed by atoms with van der Waals surface area (Å²) in [6.45, 7) is 13.2. The number of rotatable bonds is 3. The van der Waals surface area contributed by atoms with E-state index in [0.717, 1.165) is 33.0 Å². The molecule has 0 unspecified atom stereocenters. The molecule has 0 saturated carbocycles. The lowest BCUT2D eigenvalue weighted by Gasteiger charge is -2.20. The van der Waals surface area contributed by atoms with Crippen molar-refractivity contribution in [3.63, 3.8) is 0 Å². The molecule has 12 aromatic carbocycles. The first kappa shape index (κ1) is 54.3. The average molecular weight is 1230 g/mol. The molecule has 77 heavy (non-hydrogen) atoms. The van der Waals surface area contributed by atoms with Crippen LogP contribution in [0, 0.1) is 0 Å². The Kier molecular flexibility index (Phi) is 17.1. The van der Waals surface area contributed by atoms with Crippen LogP contribution in [0.3, 0.4) is 0 Å². The topological polar surface area (TPSA) is 49.7 Å². The summed E-state index contributed by atoms with van der Waals surface area (Å²) in [5.41, 5.74) is 13.1. The number of aromatic hydroxyl groups is 2. The number of phenols is 2. The molecule has 0 aromatic heterocycles. The van der Waals surface area contributed by atoms with Gasteiger partial charge in [-0.15, -0.1) is 0 Å². The van der Waals surface area contributed by atoms with E-state index in [-0.39, 0.29) is 22.3 Å². The summed E-state index contributed by atoms with van der Waals surface area (Å²) in [6.07, 6.45) is 0. The minimum atomic E-state index is 0.160. The van der Waals surface area contributed by atoms with Crippen LogP contribution < -0.4 is 4.74 Å². The van der Waals surface area contributed by atoms with Crippen LogP contribution in [0.4, 0.5) is 0 Å². The largest absolute Gasteiger partial charge is 0.507 e. The smallest absolute Gasteiger partial charge is 0.128 e. The normalized spacial score (nSPS) is 12.5. The van der Waals surface area contributed by atoms with Crippen LogP contribution in [0.1, 0.15) is 63.8 Å². The summed E-state index contributed by atoms with van der Waals surface area (Å²) in [7, 11) is 0. The molecule has 0 radical (unpaired) electrons. The molecule has 2 aliphatic carbocycles. The van der Waals surface area contributed by atoms with Crippen molar-refractivity contribution in [2.75, 3.05) is 0 Å². The van der Waals surface area contributed by atoms with Gasteiger partial charge in [0.2, 0.25) is 0 Å². The molecule has 3 nitrogen and oxygen atoms in total. The van der Waals surface area contributed by atoms with Crippen LogP contribution in [0.2, 0.25) is 0 Å². The molecule has 0 amide bonds. The van der Waals surface area contributed by atoms with Crippen LogP contribution >= 0.6 is 37.2 Å². The molecule has 0 fully saturated rings. The van der Waals surface area contributed by atoms with Gasteiger partial charge >= 0.3 is 0 Å². The minimum Gasteiger partial charge on any atom is -0.507 e. The Balaban J connectivity index is 0.000000124. The summed E-state index contributed by atoms with van der Waals surface area (Å²) in [6, 6.07) is 86.7. The fourth-order valence-corrected chi connectivity index (χ4v) is 11.0. The number of ether oxygens (including phenoxy) is 1. The highest BCUT2D eigenvalue weighted by atomic mass is 128. The van der Waals surface area contributed by atoms with Gasteiger partial charge in [-0.25, -0.2) is 0 Å². The van der Waals surface area contributed by atoms with Crippen molar-refractivity contribution in [2.24, 2.45) is 0 Å². The molecule has 0 spiro atoms. The predicted octanol–water partition coefficient (Wildman–Crippen LogP) is 21.6. The molecule has 0 saturated heterocycles. The molecule has 14 rings (SSSR count). The van der Waals surface area contributed by atoms with E-state index in [2.05, 4.69) is 211 Å². The Hall–Kier alpha value is -7.46. The zero-order valence-corrected chi connectivity index (χ0v) is 48.6. The summed E-state index contributed by atoms with van der Waals surface area (Å²) in [5, 5.41) is 29.6. The van der Waals surface area contributed by atoms with Gasteiger partial charge in [0.1, 0.15) is 23.0 Å². The third-order valence-electron chi connectivity index (χ3n) is 14.7. The Labute approximate surface area is 477 Å². The van der Waals surface area contributed by atoms with E-state index in [1.165, 1.54) is 66.1 Å². The quantitative estimate of drug-likeness (QED) is 0.173. The van der Waals surface area contributed by atoms with Gasteiger partial charge in [-0.05, 0) is 124 Å². The Morgan fingerprint density at radius 1 is 0.299 bits per heavy atom. The van der Waals surface area contributed by atoms with Crippen LogP contribution in [-0.4, -0.2) is 10.2 Å². The zero-order chi connectivity index (χ0) is 54.1. The van der Waals surface area contributed by atoms with Crippen molar-refractivity contribution < 1.29 is 14.9 Å². The Morgan fingerprint density at radius 3 is 0.896 bits per heavy atom. The minimum absolute atomic E-state index is 0.160. The maximum atomic E-state index is 10.4. The number of halogens is 2. The average Bonchev–Trinajstić information content (AvgIpc) is 4.01. The van der Waals surface area contributed by atoms with Gasteiger partial charge in [-0.1, -0.05) is 260 Å². The molecule has 0 aliphatic heterocycles. The second-order valence-corrected chi connectivity index (χ2v) is 19.9. The highest BCUT2D eigenvalue weighted by Crippen LogP contribution is 2.50. The van der Waals surface area contributed by atoms with E-state index < -0.39 is 0 Å². The summed E-state index contributed by atoms with van der Waals surface area (Å²) >= 11 is 4.24. The number of phenolic OH excluding ortho intramolecular Hbond substituents is 2. The van der Waals surface area contributed by atoms with E-state index in [4.69, 9.17) is 4.74 Å². The predicted molar refractivity (Wildman–Crippen MR) is 346 cm³/mol. The maximum Gasteiger partial charge on any atom is 0.128 e. The molecule has 2 aliphatic rings. The van der Waals surface area contributed by atoms with Gasteiger partial charge in [-0.3, -0.25) is 0 Å². The van der Waals surface area contributed by atoms with Crippen LogP contribution in [0.5, 0.6) is 23.0 Å². The highest BCUT2D eigenvalue weighted by molar-refractivity contribution is 15.0. The fraction of sp³-hybridized carbons (Fsp3) is 0.111. The number of fused-ring (bicyclic) bond motifs is 10. The molecular weight excluding hydrogens is 1170 g/mol. The van der Waals surface area contributed by atoms with Gasteiger partial charge in [0.05, 0.1) is 0 Å². The lowest BCUT2D eigenvalue weighted by Crippen LogP contribution is -2.14. The van der Waals surface area contributed by atoms with Gasteiger partial charge < -0.3 is 14.9 Å². The Bertz CT molecular complexity index is 3650. The second kappa shape index (κ2) is 24.3. The lowest BCUT2D eigenvalue weighted by molar-refractivity contribution is 0.470. The van der Waals surface area contributed by atoms with E-state index >= 15 is 0 Å². The number of hydrogen-bond acceptors (Lipinski definition) is 3. The molecule has 0 atom stereocenters. The fourth-order valence-electron chi connectivity index (χ4n) is 11.0. The van der Waals surface area contributed by atoms with Gasteiger partial charge in [0.15, 0.2) is 0 Å². The summed E-state index contributed by atoms with van der Waals surface area (Å²) < 4.78 is 5.99. The zero-order valence-electron chi connectivity index (χ0n) is 44.3. The molecule has 382 valence electrons. The van der Waals surface area contributed by atoms with Crippen molar-refractivity contribution >= 4 is 80.3 Å². The first-order valence-electron chi connectivity index (χ1n) is 26.2. The monoisotopic (exact) mass is 1230 g/mol. The van der Waals surface area contributed by atoms with Crippen LogP contribution in [0.15, 0.2) is 255 Å². The lowest BCUT2D eigenvalue weighted by atomic mass is 9.82. The van der Waals surface area contributed by atoms with Gasteiger partial charge in [-0.2, -0.15) is 0 Å². The van der Waals surface area contributed by atoms with Crippen LogP contribution in [-0.2, 0) is 10.8 Å². The summed E-state index contributed by atoms with van der Waals surface area (Å²) in [4.78, 5) is 0. The van der Waals surface area contributed by atoms with Crippen molar-refractivity contribution in [1.82, 2.24) is 0 Å². The van der Waals surface area contributed by atoms with E-state index in [1.807, 2.05) is 111 Å². The molecule has 0 bridgehead atoms. The van der Waals surface area contributed by atoms with Crippen LogP contribution in [0.25, 0.3) is 76.5 Å². The van der Waals surface area contributed by atoms with E-state index in [1.54, 1.807) is 12.1 Å². The summed E-state index contributed by atoms with van der Waals surface area (Å²) in [5.74, 6) is 2.07. The van der Waals surface area contributed by atoms with E-state index in [9.17, 15) is 10.2 Å². The molecular formula is C72H62I2O3. The number of hydrogen-bond donors (Lipinski definition) is 2. The third kappa shape index (κ3) is 11.2. The van der Waals surface area contributed by atoms with Crippen molar-refractivity contribution in [3.05, 3.63) is 277 Å². The second-order valence-electron chi connectivity index (χ2n) is 19.9. The van der Waals surface area contributed by atoms with Gasteiger partial charge in [0.25, 0.3) is 0 Å². The van der Waals surface area contributed by atoms with Gasteiger partial charge in [0, 0.05) is 59.2 Å². The molecule has 5 heteroatoms. The first-order chi connectivity index (χ1) is 37.6. The molecule has 12 aromatic rings. The standard InChI is InChI=1S/C20H14O2.C20H14O.2C15H14.C2H6.I2/c21-17-11-9-13-5-1-3-7-15(13)19(17)20-16-8-4-2-6-14(16)10-12-18(20)22;1-3-7-17-13-19(11-9-15(17)5-1)21-20-12-10-16-6-2-4-8-18(16)14-20;2*1-15(2)13-9-5-3-7-11(13)12-8-4-6-10-14(12)15;2*1-2/h1-12,21-22H;1-14H;2*3-10H,1-2H3;1-2H3;. The van der Waals surface area contributed by atoms with Crippen molar-refractivity contribution in [2.45, 2.75) is 52.4 Å². The molecule has 0 heterocycles. The Morgan fingerprint density at radius 2 is 0.558 bits per heavy atom. The third-order valence-corrected chi connectivity index (χ3v) is 14.7. The van der Waals surface area contributed by atoms with Crippen molar-refractivity contribution in [1.29, 1.82) is 0 Å². The highest BCUT2D eigenvalue weighted by Gasteiger charge is 2.35. The maximum absolute atomic E-state index is 10.4. The van der Waals surface area contributed by atoms with E-state index in [0.29, 0.717) is 11.1 Å².